The van der Waals surface area contributed by atoms with Crippen LogP contribution in [-0.2, 0) is 0 Å². The molecule has 9 atom stereocenters. The molecule has 23 heavy (non-hydrogen) atoms. The molecule has 132 valence electrons. The van der Waals surface area contributed by atoms with E-state index in [1.165, 1.54) is 32.1 Å². The predicted octanol–water partition coefficient (Wildman–Crippen LogP) is 4.39. The molecule has 0 amide bonds. The molecule has 2 heteroatoms. The van der Waals surface area contributed by atoms with Crippen molar-refractivity contribution in [1.82, 2.24) is 0 Å². The Hall–Kier alpha value is -0.0800. The normalized spacial score (nSPS) is 62.3. The summed E-state index contributed by atoms with van der Waals surface area (Å²) < 4.78 is 0. The number of aliphatic hydroxyl groups excluding tert-OH is 1. The van der Waals surface area contributed by atoms with Crippen LogP contribution < -0.4 is 0 Å². The molecule has 2 N–H and O–H groups in total. The highest BCUT2D eigenvalue weighted by molar-refractivity contribution is 5.13. The number of hydrogen-bond donors (Lipinski definition) is 2. The van der Waals surface area contributed by atoms with Gasteiger partial charge in [-0.15, -0.1) is 0 Å². The van der Waals surface area contributed by atoms with Gasteiger partial charge >= 0.3 is 0 Å². The van der Waals surface area contributed by atoms with Gasteiger partial charge in [0, 0.05) is 0 Å². The van der Waals surface area contributed by atoms with Gasteiger partial charge in [-0.05, 0) is 98.7 Å². The summed E-state index contributed by atoms with van der Waals surface area (Å²) in [6.45, 7) is 9.47. The lowest BCUT2D eigenvalue weighted by atomic mass is 9.42. The van der Waals surface area contributed by atoms with Gasteiger partial charge in [-0.2, -0.15) is 0 Å². The van der Waals surface area contributed by atoms with E-state index >= 15 is 0 Å². The summed E-state index contributed by atoms with van der Waals surface area (Å²) in [5, 5.41) is 21.2. The van der Waals surface area contributed by atoms with Crippen LogP contribution in [0.2, 0.25) is 0 Å². The third kappa shape index (κ3) is 2.06. The van der Waals surface area contributed by atoms with Crippen LogP contribution in [0.5, 0.6) is 0 Å². The Morgan fingerprint density at radius 1 is 0.826 bits per heavy atom. The Morgan fingerprint density at radius 3 is 2.26 bits per heavy atom. The van der Waals surface area contributed by atoms with E-state index in [0.717, 1.165) is 37.0 Å². The van der Waals surface area contributed by atoms with Gasteiger partial charge < -0.3 is 10.2 Å². The monoisotopic (exact) mass is 320 g/mol. The van der Waals surface area contributed by atoms with Gasteiger partial charge in [0.25, 0.3) is 0 Å². The molecule has 0 spiro atoms. The maximum absolute atomic E-state index is 11.0. The van der Waals surface area contributed by atoms with Gasteiger partial charge in [-0.25, -0.2) is 0 Å². The van der Waals surface area contributed by atoms with Crippen LogP contribution in [-0.4, -0.2) is 21.9 Å². The Morgan fingerprint density at radius 2 is 1.52 bits per heavy atom. The first-order valence-electron chi connectivity index (χ1n) is 10.1. The first-order chi connectivity index (χ1) is 10.7. The second-order valence-electron chi connectivity index (χ2n) is 10.4. The summed E-state index contributed by atoms with van der Waals surface area (Å²) in [7, 11) is 0. The smallest absolute Gasteiger partial charge is 0.0675 e. The molecule has 0 aliphatic heterocycles. The van der Waals surface area contributed by atoms with E-state index < -0.39 is 5.60 Å². The molecule has 4 fully saturated rings. The van der Waals surface area contributed by atoms with Gasteiger partial charge in [-0.3, -0.25) is 0 Å². The number of hydrogen-bond acceptors (Lipinski definition) is 2. The van der Waals surface area contributed by atoms with Crippen molar-refractivity contribution >= 4 is 0 Å². The van der Waals surface area contributed by atoms with Crippen LogP contribution in [0.25, 0.3) is 0 Å². The minimum Gasteiger partial charge on any atom is -0.393 e. The van der Waals surface area contributed by atoms with Crippen molar-refractivity contribution in [3.05, 3.63) is 0 Å². The largest absolute Gasteiger partial charge is 0.393 e. The lowest BCUT2D eigenvalue weighted by molar-refractivity contribution is -0.167. The summed E-state index contributed by atoms with van der Waals surface area (Å²) in [5.74, 6) is 3.77. The zero-order chi connectivity index (χ0) is 16.6. The summed E-state index contributed by atoms with van der Waals surface area (Å²) in [5.41, 5.74) is 0.0923. The molecule has 0 saturated heterocycles. The standard InChI is InChI=1S/C21H36O2/c1-13-11-15-16(19(2)8-5-14(22)12-18(13)19)6-9-20(3)17(15)7-10-21(20,4)23/h13-18,22-23H,5-12H2,1-4H3/t13-,14+,15+,16-,17-,18+,19+,20-,21-/m0/s1. The van der Waals surface area contributed by atoms with E-state index in [1.807, 2.05) is 0 Å². The average Bonchev–Trinajstić information content (AvgIpc) is 2.72. The van der Waals surface area contributed by atoms with Crippen molar-refractivity contribution in [1.29, 1.82) is 0 Å². The highest BCUT2D eigenvalue weighted by Gasteiger charge is 2.64. The van der Waals surface area contributed by atoms with Crippen molar-refractivity contribution in [2.24, 2.45) is 40.4 Å². The summed E-state index contributed by atoms with van der Waals surface area (Å²) in [6.07, 6.45) is 9.22. The molecule has 0 aromatic heterocycles. The summed E-state index contributed by atoms with van der Waals surface area (Å²) in [6, 6.07) is 0. The van der Waals surface area contributed by atoms with Crippen molar-refractivity contribution in [2.45, 2.75) is 90.8 Å². The number of aliphatic hydroxyl groups is 2. The van der Waals surface area contributed by atoms with Gasteiger partial charge in [0.05, 0.1) is 11.7 Å². The van der Waals surface area contributed by atoms with Crippen molar-refractivity contribution in [2.75, 3.05) is 0 Å². The minimum absolute atomic E-state index is 0.0619. The van der Waals surface area contributed by atoms with Crippen LogP contribution in [0, 0.1) is 40.4 Å². The highest BCUT2D eigenvalue weighted by Crippen LogP contribution is 2.68. The first kappa shape index (κ1) is 16.4. The molecule has 2 nitrogen and oxygen atoms in total. The third-order valence-corrected chi connectivity index (χ3v) is 9.57. The third-order valence-electron chi connectivity index (χ3n) is 9.57. The maximum Gasteiger partial charge on any atom is 0.0675 e. The van der Waals surface area contributed by atoms with E-state index in [0.29, 0.717) is 17.3 Å². The molecular weight excluding hydrogens is 284 g/mol. The second-order valence-corrected chi connectivity index (χ2v) is 10.4. The fourth-order valence-electron chi connectivity index (χ4n) is 7.96. The van der Waals surface area contributed by atoms with Crippen LogP contribution in [0.15, 0.2) is 0 Å². The lowest BCUT2D eigenvalue weighted by Gasteiger charge is -2.63. The molecule has 0 aromatic rings. The molecule has 0 aromatic carbocycles. The van der Waals surface area contributed by atoms with Crippen molar-refractivity contribution in [3.63, 3.8) is 0 Å². The minimum atomic E-state index is -0.466. The van der Waals surface area contributed by atoms with E-state index in [9.17, 15) is 10.2 Å². The molecule has 4 saturated carbocycles. The highest BCUT2D eigenvalue weighted by atomic mass is 16.3. The molecule has 0 bridgehead atoms. The van der Waals surface area contributed by atoms with E-state index in [-0.39, 0.29) is 11.5 Å². The van der Waals surface area contributed by atoms with Gasteiger partial charge in [0.1, 0.15) is 0 Å². The zero-order valence-electron chi connectivity index (χ0n) is 15.5. The first-order valence-corrected chi connectivity index (χ1v) is 10.1. The predicted molar refractivity (Wildman–Crippen MR) is 92.9 cm³/mol. The fourth-order valence-corrected chi connectivity index (χ4v) is 7.96. The average molecular weight is 321 g/mol. The number of fused-ring (bicyclic) bond motifs is 5. The molecular formula is C21H36O2. The molecule has 4 aliphatic carbocycles. The lowest BCUT2D eigenvalue weighted by Crippen LogP contribution is -2.58. The summed E-state index contributed by atoms with van der Waals surface area (Å²) in [4.78, 5) is 0. The van der Waals surface area contributed by atoms with E-state index in [1.54, 1.807) is 0 Å². The van der Waals surface area contributed by atoms with E-state index in [2.05, 4.69) is 27.7 Å². The van der Waals surface area contributed by atoms with Gasteiger partial charge in [0.15, 0.2) is 0 Å². The molecule has 4 aliphatic rings. The van der Waals surface area contributed by atoms with Crippen molar-refractivity contribution < 1.29 is 10.2 Å². The number of rotatable bonds is 0. The van der Waals surface area contributed by atoms with Gasteiger partial charge in [0.2, 0.25) is 0 Å². The Kier molecular flexibility index (Phi) is 3.54. The van der Waals surface area contributed by atoms with Crippen LogP contribution in [0.4, 0.5) is 0 Å². The van der Waals surface area contributed by atoms with Crippen LogP contribution in [0.3, 0.4) is 0 Å². The SMILES string of the molecule is C[C@H]1C[C@@H]2[C@H](CC[C@@]3(C)[C@H]2CC[C@]3(C)O)[C@@]2(C)CC[C@@H](O)C[C@H]12. The fraction of sp³-hybridized carbons (Fsp3) is 1.00. The van der Waals surface area contributed by atoms with Crippen molar-refractivity contribution in [3.8, 4) is 0 Å². The Labute approximate surface area is 142 Å². The van der Waals surface area contributed by atoms with Crippen LogP contribution >= 0.6 is 0 Å². The quantitative estimate of drug-likeness (QED) is 0.695. The zero-order valence-corrected chi connectivity index (χ0v) is 15.5. The molecule has 0 unspecified atom stereocenters. The maximum atomic E-state index is 11.0. The summed E-state index contributed by atoms with van der Waals surface area (Å²) >= 11 is 0. The van der Waals surface area contributed by atoms with Crippen LogP contribution in [0.1, 0.15) is 79.1 Å². The van der Waals surface area contributed by atoms with Gasteiger partial charge in [-0.1, -0.05) is 20.8 Å². The molecule has 4 rings (SSSR count). The molecule has 0 heterocycles. The van der Waals surface area contributed by atoms with E-state index in [4.69, 9.17) is 0 Å². The Balaban J connectivity index is 1.68. The second kappa shape index (κ2) is 4.97. The Bertz CT molecular complexity index is 486. The topological polar surface area (TPSA) is 40.5 Å². The molecule has 0 radical (unpaired) electrons.